The zero-order valence-electron chi connectivity index (χ0n) is 16.8. The number of nitrogens with one attached hydrogen (secondary N) is 2. The summed E-state index contributed by atoms with van der Waals surface area (Å²) in [7, 11) is 0. The lowest BCUT2D eigenvalue weighted by molar-refractivity contribution is -0.127. The molecule has 28 heavy (non-hydrogen) atoms. The SMILES string of the molecule is CC(C)(C)CC(NC(=O)C#CCc1ccccc1)C(=O)NCc1ccccc1. The molecule has 2 rings (SSSR count). The molecule has 0 heterocycles. The second kappa shape index (κ2) is 10.3. The van der Waals surface area contributed by atoms with Crippen molar-refractivity contribution in [3.05, 3.63) is 71.8 Å². The lowest BCUT2D eigenvalue weighted by Gasteiger charge is -2.25. The molecule has 2 N–H and O–H groups in total. The van der Waals surface area contributed by atoms with Crippen molar-refractivity contribution < 1.29 is 9.59 Å². The van der Waals surface area contributed by atoms with Gasteiger partial charge in [0.15, 0.2) is 0 Å². The average Bonchev–Trinajstić information content (AvgIpc) is 2.66. The molecule has 2 aromatic rings. The van der Waals surface area contributed by atoms with Gasteiger partial charge in [-0.2, -0.15) is 0 Å². The first kappa shape index (κ1) is 21.2. The molecule has 0 radical (unpaired) electrons. The monoisotopic (exact) mass is 376 g/mol. The van der Waals surface area contributed by atoms with E-state index < -0.39 is 11.9 Å². The highest BCUT2D eigenvalue weighted by atomic mass is 16.2. The van der Waals surface area contributed by atoms with E-state index in [0.29, 0.717) is 19.4 Å². The van der Waals surface area contributed by atoms with Crippen molar-refractivity contribution in [2.75, 3.05) is 0 Å². The average molecular weight is 377 g/mol. The Balaban J connectivity index is 1.95. The second-order valence-corrected chi connectivity index (χ2v) is 7.96. The van der Waals surface area contributed by atoms with Gasteiger partial charge in [0, 0.05) is 13.0 Å². The van der Waals surface area contributed by atoms with Gasteiger partial charge in [-0.1, -0.05) is 87.4 Å². The Morgan fingerprint density at radius 2 is 1.50 bits per heavy atom. The Labute approximate surface area is 167 Å². The van der Waals surface area contributed by atoms with E-state index in [1.165, 1.54) is 0 Å². The maximum absolute atomic E-state index is 12.7. The molecular formula is C24H28N2O2. The van der Waals surface area contributed by atoms with Gasteiger partial charge in [-0.3, -0.25) is 9.59 Å². The van der Waals surface area contributed by atoms with Crippen LogP contribution in [0.1, 0.15) is 38.3 Å². The van der Waals surface area contributed by atoms with Crippen LogP contribution < -0.4 is 10.6 Å². The highest BCUT2D eigenvalue weighted by Gasteiger charge is 2.26. The van der Waals surface area contributed by atoms with Crippen molar-refractivity contribution in [1.82, 2.24) is 10.6 Å². The zero-order valence-corrected chi connectivity index (χ0v) is 16.8. The van der Waals surface area contributed by atoms with Crippen LogP contribution in [0, 0.1) is 17.3 Å². The molecule has 0 fully saturated rings. The first-order chi connectivity index (χ1) is 13.3. The zero-order chi connectivity index (χ0) is 20.4. The van der Waals surface area contributed by atoms with Crippen molar-refractivity contribution in [3.63, 3.8) is 0 Å². The first-order valence-corrected chi connectivity index (χ1v) is 9.48. The van der Waals surface area contributed by atoms with Crippen LogP contribution >= 0.6 is 0 Å². The molecule has 0 aliphatic carbocycles. The van der Waals surface area contributed by atoms with Gasteiger partial charge in [0.05, 0.1) is 0 Å². The van der Waals surface area contributed by atoms with Crippen LogP contribution in [0.2, 0.25) is 0 Å². The Bertz CT molecular complexity index is 828. The molecule has 0 aliphatic rings. The van der Waals surface area contributed by atoms with Crippen LogP contribution in [-0.2, 0) is 22.6 Å². The van der Waals surface area contributed by atoms with E-state index in [0.717, 1.165) is 11.1 Å². The number of hydrogen-bond acceptors (Lipinski definition) is 2. The van der Waals surface area contributed by atoms with Crippen LogP contribution in [-0.4, -0.2) is 17.9 Å². The van der Waals surface area contributed by atoms with Crippen LogP contribution in [0.3, 0.4) is 0 Å². The molecule has 0 bridgehead atoms. The summed E-state index contributed by atoms with van der Waals surface area (Å²) in [6, 6.07) is 18.8. The predicted molar refractivity (Wildman–Crippen MR) is 112 cm³/mol. The molecule has 0 aliphatic heterocycles. The molecule has 1 atom stereocenters. The summed E-state index contributed by atoms with van der Waals surface area (Å²) in [4.78, 5) is 24.9. The predicted octanol–water partition coefficient (Wildman–Crippen LogP) is 3.47. The quantitative estimate of drug-likeness (QED) is 0.759. The molecule has 4 nitrogen and oxygen atoms in total. The maximum atomic E-state index is 12.7. The third-order valence-electron chi connectivity index (χ3n) is 4.09. The van der Waals surface area contributed by atoms with Gasteiger partial charge in [0.2, 0.25) is 5.91 Å². The van der Waals surface area contributed by atoms with Gasteiger partial charge in [0.25, 0.3) is 5.91 Å². The fourth-order valence-corrected chi connectivity index (χ4v) is 2.75. The van der Waals surface area contributed by atoms with Gasteiger partial charge >= 0.3 is 0 Å². The van der Waals surface area contributed by atoms with E-state index in [1.54, 1.807) is 0 Å². The molecule has 1 unspecified atom stereocenters. The summed E-state index contributed by atoms with van der Waals surface area (Å²) >= 11 is 0. The Hall–Kier alpha value is -3.06. The fourth-order valence-electron chi connectivity index (χ4n) is 2.75. The normalized spacial score (nSPS) is 11.7. The van der Waals surface area contributed by atoms with E-state index >= 15 is 0 Å². The van der Waals surface area contributed by atoms with Crippen molar-refractivity contribution in [3.8, 4) is 11.8 Å². The lowest BCUT2D eigenvalue weighted by Crippen LogP contribution is -2.48. The van der Waals surface area contributed by atoms with Gasteiger partial charge in [0.1, 0.15) is 6.04 Å². The van der Waals surface area contributed by atoms with Crippen molar-refractivity contribution in [2.24, 2.45) is 5.41 Å². The maximum Gasteiger partial charge on any atom is 0.296 e. The van der Waals surface area contributed by atoms with Crippen LogP contribution in [0.4, 0.5) is 0 Å². The fraction of sp³-hybridized carbons (Fsp3) is 0.333. The smallest absolute Gasteiger partial charge is 0.296 e. The third-order valence-corrected chi connectivity index (χ3v) is 4.09. The van der Waals surface area contributed by atoms with E-state index in [2.05, 4.69) is 22.5 Å². The standard InChI is InChI=1S/C24H28N2O2/c1-24(2,3)17-21(23(28)25-18-20-13-8-5-9-14-20)26-22(27)16-10-15-19-11-6-4-7-12-19/h4-9,11-14,21H,15,17-18H2,1-3H3,(H,25,28)(H,26,27). The molecule has 2 aromatic carbocycles. The molecule has 4 heteroatoms. The number of amides is 2. The first-order valence-electron chi connectivity index (χ1n) is 9.48. The number of hydrogen-bond donors (Lipinski definition) is 2. The highest BCUT2D eigenvalue weighted by Crippen LogP contribution is 2.21. The van der Waals surface area contributed by atoms with Crippen LogP contribution in [0.5, 0.6) is 0 Å². The van der Waals surface area contributed by atoms with Crippen molar-refractivity contribution in [1.29, 1.82) is 0 Å². The minimum atomic E-state index is -0.623. The summed E-state index contributed by atoms with van der Waals surface area (Å²) in [6.45, 7) is 6.54. The Morgan fingerprint density at radius 3 is 2.07 bits per heavy atom. The summed E-state index contributed by atoms with van der Waals surface area (Å²) in [6.07, 6.45) is 1.03. The summed E-state index contributed by atoms with van der Waals surface area (Å²) in [5.41, 5.74) is 1.95. The van der Waals surface area contributed by atoms with E-state index in [-0.39, 0.29) is 11.3 Å². The van der Waals surface area contributed by atoms with Crippen molar-refractivity contribution >= 4 is 11.8 Å². The Morgan fingerprint density at radius 1 is 0.929 bits per heavy atom. The number of benzene rings is 2. The minimum Gasteiger partial charge on any atom is -0.350 e. The molecule has 0 aromatic heterocycles. The van der Waals surface area contributed by atoms with Crippen LogP contribution in [0.25, 0.3) is 0 Å². The molecule has 2 amide bonds. The Kier molecular flexibility index (Phi) is 7.83. The molecule has 0 saturated carbocycles. The van der Waals surface area contributed by atoms with E-state index in [4.69, 9.17) is 0 Å². The number of rotatable bonds is 6. The van der Waals surface area contributed by atoms with Crippen molar-refractivity contribution in [2.45, 2.75) is 46.2 Å². The molecular weight excluding hydrogens is 348 g/mol. The molecule has 146 valence electrons. The number of carbonyl (C=O) groups excluding carboxylic acids is 2. The summed E-state index contributed by atoms with van der Waals surface area (Å²) in [5.74, 6) is 4.84. The third kappa shape index (κ3) is 8.09. The van der Waals surface area contributed by atoms with Crippen LogP contribution in [0.15, 0.2) is 60.7 Å². The van der Waals surface area contributed by atoms with Gasteiger partial charge in [-0.25, -0.2) is 0 Å². The summed E-state index contributed by atoms with van der Waals surface area (Å²) in [5, 5.41) is 5.68. The molecule has 0 spiro atoms. The van der Waals surface area contributed by atoms with E-state index in [9.17, 15) is 9.59 Å². The largest absolute Gasteiger partial charge is 0.350 e. The molecule has 0 saturated heterocycles. The second-order valence-electron chi connectivity index (χ2n) is 7.96. The van der Waals surface area contributed by atoms with Gasteiger partial charge in [-0.15, -0.1) is 0 Å². The highest BCUT2D eigenvalue weighted by molar-refractivity contribution is 5.97. The lowest BCUT2D eigenvalue weighted by atomic mass is 9.87. The van der Waals surface area contributed by atoms with Gasteiger partial charge in [-0.05, 0) is 28.9 Å². The van der Waals surface area contributed by atoms with Gasteiger partial charge < -0.3 is 10.6 Å². The number of carbonyl (C=O) groups is 2. The topological polar surface area (TPSA) is 58.2 Å². The van der Waals surface area contributed by atoms with E-state index in [1.807, 2.05) is 81.4 Å². The minimum absolute atomic E-state index is 0.112. The summed E-state index contributed by atoms with van der Waals surface area (Å²) < 4.78 is 0.